The molecular formula is C21H24F3N5O. The fourth-order valence-corrected chi connectivity index (χ4v) is 4.14. The van der Waals surface area contributed by atoms with Crippen molar-refractivity contribution in [3.05, 3.63) is 52.4 Å². The summed E-state index contributed by atoms with van der Waals surface area (Å²) in [5, 5.41) is 10.7. The van der Waals surface area contributed by atoms with E-state index < -0.39 is 12.2 Å². The number of nitrogens with zero attached hydrogens (tertiary/aromatic N) is 2. The van der Waals surface area contributed by atoms with Gasteiger partial charge in [0.25, 0.3) is 5.56 Å². The van der Waals surface area contributed by atoms with Gasteiger partial charge < -0.3 is 15.6 Å². The Balaban J connectivity index is 1.65. The van der Waals surface area contributed by atoms with Crippen LogP contribution in [0.2, 0.25) is 0 Å². The van der Waals surface area contributed by atoms with Crippen LogP contribution in [-0.2, 0) is 0 Å². The first kappa shape index (κ1) is 20.5. The number of hydrogen-bond acceptors (Lipinski definition) is 4. The molecular weight excluding hydrogens is 395 g/mol. The molecule has 2 heterocycles. The maximum atomic E-state index is 13.3. The van der Waals surface area contributed by atoms with E-state index in [1.54, 1.807) is 25.3 Å². The highest BCUT2D eigenvalue weighted by Crippen LogP contribution is 2.35. The van der Waals surface area contributed by atoms with Gasteiger partial charge in [0.15, 0.2) is 5.82 Å². The summed E-state index contributed by atoms with van der Waals surface area (Å²) in [6.07, 6.45) is 1.52. The number of rotatable bonds is 6. The molecule has 160 valence electrons. The molecule has 3 N–H and O–H groups in total. The molecule has 0 aliphatic heterocycles. The number of halogens is 3. The van der Waals surface area contributed by atoms with E-state index >= 15 is 0 Å². The zero-order chi connectivity index (χ0) is 21.3. The van der Waals surface area contributed by atoms with Crippen LogP contribution in [0.1, 0.15) is 50.3 Å². The summed E-state index contributed by atoms with van der Waals surface area (Å²) in [5.41, 5.74) is 1.21. The van der Waals surface area contributed by atoms with E-state index in [9.17, 15) is 18.0 Å². The Labute approximate surface area is 171 Å². The van der Waals surface area contributed by atoms with E-state index in [4.69, 9.17) is 0 Å². The second-order valence-electron chi connectivity index (χ2n) is 7.58. The molecule has 1 aromatic carbocycles. The number of pyridine rings is 1. The van der Waals surface area contributed by atoms with Crippen LogP contribution in [0.5, 0.6) is 0 Å². The van der Waals surface area contributed by atoms with E-state index in [0.717, 1.165) is 31.2 Å². The summed E-state index contributed by atoms with van der Waals surface area (Å²) >= 11 is 0. The minimum absolute atomic E-state index is 0.133. The first-order chi connectivity index (χ1) is 14.4. The molecule has 1 fully saturated rings. The quantitative estimate of drug-likeness (QED) is 0.537. The number of benzene rings is 1. The van der Waals surface area contributed by atoms with Gasteiger partial charge in [0.05, 0.1) is 11.6 Å². The third-order valence-electron chi connectivity index (χ3n) is 5.54. The molecule has 0 radical (unpaired) electrons. The minimum Gasteiger partial charge on any atom is -0.338 e. The van der Waals surface area contributed by atoms with Crippen LogP contribution in [0.3, 0.4) is 0 Å². The van der Waals surface area contributed by atoms with E-state index in [1.165, 1.54) is 12.1 Å². The van der Waals surface area contributed by atoms with Crippen molar-refractivity contribution in [3.8, 4) is 0 Å². The number of fused-ring (bicyclic) bond motifs is 1. The number of aromatic nitrogens is 3. The number of H-pyrrole nitrogens is 1. The SMILES string of the molecule is CCNC(c1ccc(Nc2nn(C3CCCC3)c3cc[nH]c(=O)c23)cc1)C(F)(F)F. The van der Waals surface area contributed by atoms with Gasteiger partial charge in [0.1, 0.15) is 11.4 Å². The van der Waals surface area contributed by atoms with Crippen molar-refractivity contribution in [2.45, 2.75) is 50.9 Å². The van der Waals surface area contributed by atoms with Gasteiger partial charge >= 0.3 is 6.18 Å². The van der Waals surface area contributed by atoms with Crippen LogP contribution in [0.4, 0.5) is 24.7 Å². The van der Waals surface area contributed by atoms with Crippen LogP contribution >= 0.6 is 0 Å². The Morgan fingerprint density at radius 2 is 1.90 bits per heavy atom. The summed E-state index contributed by atoms with van der Waals surface area (Å²) in [5.74, 6) is 0.408. The topological polar surface area (TPSA) is 74.7 Å². The second kappa shape index (κ2) is 8.14. The number of nitrogens with one attached hydrogen (secondary N) is 3. The maximum Gasteiger partial charge on any atom is 0.407 e. The highest BCUT2D eigenvalue weighted by molar-refractivity contribution is 5.91. The van der Waals surface area contributed by atoms with Gasteiger partial charge in [0, 0.05) is 11.9 Å². The van der Waals surface area contributed by atoms with E-state index in [2.05, 4.69) is 20.7 Å². The Hall–Kier alpha value is -2.81. The zero-order valence-electron chi connectivity index (χ0n) is 16.6. The molecule has 1 atom stereocenters. The molecule has 0 bridgehead atoms. The molecule has 6 nitrogen and oxygen atoms in total. The lowest BCUT2D eigenvalue weighted by atomic mass is 10.1. The third kappa shape index (κ3) is 3.94. The maximum absolute atomic E-state index is 13.3. The summed E-state index contributed by atoms with van der Waals surface area (Å²) in [7, 11) is 0. The normalized spacial score (nSPS) is 16.3. The Kier molecular flexibility index (Phi) is 5.55. The second-order valence-corrected chi connectivity index (χ2v) is 7.58. The fraction of sp³-hybridized carbons (Fsp3) is 0.429. The van der Waals surface area contributed by atoms with Crippen LogP contribution < -0.4 is 16.2 Å². The standard InChI is InChI=1S/C21H24F3N5O/c1-2-25-18(21(22,23)24)13-7-9-14(10-8-13)27-19-17-16(11-12-26-20(17)30)29(28-19)15-5-3-4-6-15/h7-12,15,18,25H,2-6H2,1H3,(H,26,30)(H,27,28). The van der Waals surface area contributed by atoms with Crippen molar-refractivity contribution in [1.29, 1.82) is 0 Å². The number of aromatic amines is 1. The number of hydrogen-bond donors (Lipinski definition) is 3. The molecule has 3 aromatic rings. The molecule has 1 aliphatic rings. The van der Waals surface area contributed by atoms with E-state index in [0.29, 0.717) is 16.9 Å². The Bertz CT molecular complexity index is 1060. The van der Waals surface area contributed by atoms with Gasteiger partial charge in [-0.25, -0.2) is 0 Å². The van der Waals surface area contributed by atoms with Crippen molar-refractivity contribution in [2.75, 3.05) is 11.9 Å². The lowest BCUT2D eigenvalue weighted by Crippen LogP contribution is -2.33. The van der Waals surface area contributed by atoms with Crippen molar-refractivity contribution >= 4 is 22.4 Å². The van der Waals surface area contributed by atoms with Crippen LogP contribution in [-0.4, -0.2) is 27.5 Å². The average Bonchev–Trinajstić information content (AvgIpc) is 3.35. The van der Waals surface area contributed by atoms with E-state index in [-0.39, 0.29) is 23.7 Å². The lowest BCUT2D eigenvalue weighted by molar-refractivity contribution is -0.157. The zero-order valence-corrected chi connectivity index (χ0v) is 16.6. The van der Waals surface area contributed by atoms with Gasteiger partial charge in [-0.1, -0.05) is 31.9 Å². The fourth-order valence-electron chi connectivity index (χ4n) is 4.14. The first-order valence-corrected chi connectivity index (χ1v) is 10.2. The van der Waals surface area contributed by atoms with Crippen LogP contribution in [0.15, 0.2) is 41.3 Å². The summed E-state index contributed by atoms with van der Waals surface area (Å²) in [4.78, 5) is 15.1. The largest absolute Gasteiger partial charge is 0.407 e. The van der Waals surface area contributed by atoms with Gasteiger partial charge in [-0.3, -0.25) is 9.48 Å². The molecule has 1 unspecified atom stereocenters. The van der Waals surface area contributed by atoms with Crippen molar-refractivity contribution in [1.82, 2.24) is 20.1 Å². The Morgan fingerprint density at radius 1 is 1.20 bits per heavy atom. The molecule has 4 rings (SSSR count). The van der Waals surface area contributed by atoms with Crippen molar-refractivity contribution in [2.24, 2.45) is 0 Å². The number of alkyl halides is 3. The minimum atomic E-state index is -4.38. The van der Waals surface area contributed by atoms with Crippen LogP contribution in [0, 0.1) is 0 Å². The molecule has 0 spiro atoms. The predicted molar refractivity (Wildman–Crippen MR) is 110 cm³/mol. The van der Waals surface area contributed by atoms with Gasteiger partial charge in [-0.05, 0) is 43.1 Å². The third-order valence-corrected chi connectivity index (χ3v) is 5.54. The molecule has 0 amide bonds. The molecule has 2 aromatic heterocycles. The summed E-state index contributed by atoms with van der Waals surface area (Å²) < 4.78 is 41.7. The molecule has 1 aliphatic carbocycles. The van der Waals surface area contributed by atoms with Crippen molar-refractivity contribution < 1.29 is 13.2 Å². The molecule has 30 heavy (non-hydrogen) atoms. The molecule has 1 saturated carbocycles. The summed E-state index contributed by atoms with van der Waals surface area (Å²) in [6.45, 7) is 1.84. The lowest BCUT2D eigenvalue weighted by Gasteiger charge is -2.21. The molecule has 0 saturated heterocycles. The van der Waals surface area contributed by atoms with E-state index in [1.807, 2.05) is 10.7 Å². The smallest absolute Gasteiger partial charge is 0.338 e. The predicted octanol–water partition coefficient (Wildman–Crippen LogP) is 4.80. The van der Waals surface area contributed by atoms with Crippen molar-refractivity contribution in [3.63, 3.8) is 0 Å². The van der Waals surface area contributed by atoms with Gasteiger partial charge in [-0.2, -0.15) is 18.3 Å². The highest BCUT2D eigenvalue weighted by atomic mass is 19.4. The molecule has 9 heteroatoms. The monoisotopic (exact) mass is 419 g/mol. The average molecular weight is 419 g/mol. The Morgan fingerprint density at radius 3 is 2.53 bits per heavy atom. The van der Waals surface area contributed by atoms with Crippen LogP contribution in [0.25, 0.3) is 10.9 Å². The number of anilines is 2. The van der Waals surface area contributed by atoms with Gasteiger partial charge in [0.2, 0.25) is 0 Å². The first-order valence-electron chi connectivity index (χ1n) is 10.2. The summed E-state index contributed by atoms with van der Waals surface area (Å²) in [6, 6.07) is 6.38. The van der Waals surface area contributed by atoms with Gasteiger partial charge in [-0.15, -0.1) is 0 Å². The highest BCUT2D eigenvalue weighted by Gasteiger charge is 2.40.